The van der Waals surface area contributed by atoms with Crippen molar-refractivity contribution in [3.05, 3.63) is 65.5 Å². The van der Waals surface area contributed by atoms with Crippen LogP contribution >= 0.6 is 0 Å². The number of fused-ring (bicyclic) bond motifs is 1. The number of H-pyrrole nitrogens is 1. The fraction of sp³-hybridized carbons (Fsp3) is 0.222. The molecular formula is C18H15F2N3O2. The second kappa shape index (κ2) is 5.93. The van der Waals surface area contributed by atoms with Crippen LogP contribution in [-0.2, 0) is 0 Å². The molecule has 1 fully saturated rings. The van der Waals surface area contributed by atoms with Gasteiger partial charge in [0, 0.05) is 6.54 Å². The first-order chi connectivity index (χ1) is 12.0. The molecule has 0 radical (unpaired) electrons. The van der Waals surface area contributed by atoms with Crippen LogP contribution in [0.5, 0.6) is 0 Å². The summed E-state index contributed by atoms with van der Waals surface area (Å²) in [4.78, 5) is 21.4. The molecule has 128 valence electrons. The lowest BCUT2D eigenvalue weighted by atomic mass is 10.0. The number of aromatic nitrogens is 2. The molecule has 0 aliphatic carbocycles. The van der Waals surface area contributed by atoms with Gasteiger partial charge in [-0.05, 0) is 36.2 Å². The maximum absolute atomic E-state index is 13.9. The van der Waals surface area contributed by atoms with Crippen LogP contribution in [0.25, 0.3) is 11.0 Å². The average Bonchev–Trinajstić information content (AvgIpc) is 3.20. The van der Waals surface area contributed by atoms with Crippen molar-refractivity contribution in [3.63, 3.8) is 0 Å². The first-order valence-electron chi connectivity index (χ1n) is 7.90. The molecule has 25 heavy (non-hydrogen) atoms. The molecule has 2 heterocycles. The van der Waals surface area contributed by atoms with E-state index < -0.39 is 23.9 Å². The summed E-state index contributed by atoms with van der Waals surface area (Å²) in [5.41, 5.74) is 1.67. The largest absolute Gasteiger partial charge is 0.391 e. The van der Waals surface area contributed by atoms with Crippen molar-refractivity contribution in [2.45, 2.75) is 18.6 Å². The standard InChI is InChI=1S/C18H15F2N3O2/c19-11-3-1-10(2-4-11)16-7-13(24)8-23(16)18(25)14-5-12(20)6-15-17(14)22-9-21-15/h1-6,9,13,16,24H,7-8H2,(H,21,22)/t13-,16+/m1/s1. The zero-order chi connectivity index (χ0) is 17.6. The van der Waals surface area contributed by atoms with E-state index in [4.69, 9.17) is 0 Å². The van der Waals surface area contributed by atoms with Gasteiger partial charge in [-0.3, -0.25) is 4.79 Å². The Hall–Kier alpha value is -2.80. The number of β-amino-alcohol motifs (C(OH)–C–C–N with tert-alkyl or cyclic N) is 1. The van der Waals surface area contributed by atoms with Gasteiger partial charge in [0.1, 0.15) is 17.2 Å². The Labute approximate surface area is 141 Å². The van der Waals surface area contributed by atoms with Crippen LogP contribution in [-0.4, -0.2) is 38.5 Å². The van der Waals surface area contributed by atoms with Gasteiger partial charge >= 0.3 is 0 Å². The number of halogens is 2. The minimum atomic E-state index is -0.692. The predicted octanol–water partition coefficient (Wildman–Crippen LogP) is 2.79. The monoisotopic (exact) mass is 343 g/mol. The van der Waals surface area contributed by atoms with Crippen LogP contribution in [0.2, 0.25) is 0 Å². The van der Waals surface area contributed by atoms with E-state index in [2.05, 4.69) is 9.97 Å². The van der Waals surface area contributed by atoms with Gasteiger partial charge in [-0.2, -0.15) is 0 Å². The molecule has 0 saturated carbocycles. The minimum Gasteiger partial charge on any atom is -0.391 e. The number of benzene rings is 2. The van der Waals surface area contributed by atoms with E-state index in [-0.39, 0.29) is 17.9 Å². The molecule has 1 aliphatic heterocycles. The molecule has 1 aromatic heterocycles. The number of carbonyl (C=O) groups is 1. The number of amides is 1. The zero-order valence-electron chi connectivity index (χ0n) is 13.1. The van der Waals surface area contributed by atoms with Gasteiger partial charge in [0.25, 0.3) is 5.91 Å². The summed E-state index contributed by atoms with van der Waals surface area (Å²) in [6.07, 6.45) is 1.05. The second-order valence-corrected chi connectivity index (χ2v) is 6.17. The third kappa shape index (κ3) is 2.76. The fourth-order valence-corrected chi connectivity index (χ4v) is 3.37. The van der Waals surface area contributed by atoms with Crippen molar-refractivity contribution in [2.24, 2.45) is 0 Å². The van der Waals surface area contributed by atoms with Crippen molar-refractivity contribution < 1.29 is 18.7 Å². The maximum Gasteiger partial charge on any atom is 0.256 e. The Kier molecular flexibility index (Phi) is 3.73. The van der Waals surface area contributed by atoms with Crippen LogP contribution in [0.1, 0.15) is 28.4 Å². The quantitative estimate of drug-likeness (QED) is 0.752. The number of nitrogens with one attached hydrogen (secondary N) is 1. The molecule has 5 nitrogen and oxygen atoms in total. The van der Waals surface area contributed by atoms with Gasteiger partial charge in [-0.1, -0.05) is 12.1 Å². The van der Waals surface area contributed by atoms with Gasteiger partial charge < -0.3 is 15.0 Å². The molecule has 0 unspecified atom stereocenters. The molecule has 3 aromatic rings. The van der Waals surface area contributed by atoms with Gasteiger partial charge in [-0.15, -0.1) is 0 Å². The van der Waals surface area contributed by atoms with Crippen molar-refractivity contribution in [3.8, 4) is 0 Å². The highest BCUT2D eigenvalue weighted by molar-refractivity contribution is 6.05. The van der Waals surface area contributed by atoms with E-state index in [1.807, 2.05) is 0 Å². The van der Waals surface area contributed by atoms with Gasteiger partial charge in [0.05, 0.1) is 29.6 Å². The number of aliphatic hydroxyl groups excluding tert-OH is 1. The number of likely N-dealkylation sites (tertiary alicyclic amines) is 1. The topological polar surface area (TPSA) is 69.2 Å². The number of imidazole rings is 1. The van der Waals surface area contributed by atoms with Crippen molar-refractivity contribution in [1.82, 2.24) is 14.9 Å². The van der Waals surface area contributed by atoms with E-state index in [9.17, 15) is 18.7 Å². The van der Waals surface area contributed by atoms with Gasteiger partial charge in [-0.25, -0.2) is 13.8 Å². The average molecular weight is 343 g/mol. The number of rotatable bonds is 2. The smallest absolute Gasteiger partial charge is 0.256 e. The van der Waals surface area contributed by atoms with Crippen molar-refractivity contribution in [2.75, 3.05) is 6.54 Å². The summed E-state index contributed by atoms with van der Waals surface area (Å²) >= 11 is 0. The Bertz CT molecular complexity index is 939. The Morgan fingerprint density at radius 2 is 1.96 bits per heavy atom. The molecule has 1 saturated heterocycles. The first kappa shape index (κ1) is 15.7. The summed E-state index contributed by atoms with van der Waals surface area (Å²) in [5, 5.41) is 10.0. The number of carbonyl (C=O) groups excluding carboxylic acids is 1. The molecule has 1 aliphatic rings. The lowest BCUT2D eigenvalue weighted by Crippen LogP contribution is -2.32. The number of hydrogen-bond acceptors (Lipinski definition) is 3. The number of hydrogen-bond donors (Lipinski definition) is 2. The van der Waals surface area contributed by atoms with Crippen LogP contribution in [0.15, 0.2) is 42.7 Å². The lowest BCUT2D eigenvalue weighted by molar-refractivity contribution is 0.0717. The van der Waals surface area contributed by atoms with Crippen LogP contribution in [0, 0.1) is 11.6 Å². The number of nitrogens with zero attached hydrogens (tertiary/aromatic N) is 2. The summed E-state index contributed by atoms with van der Waals surface area (Å²) in [7, 11) is 0. The predicted molar refractivity (Wildman–Crippen MR) is 86.9 cm³/mol. The van der Waals surface area contributed by atoms with E-state index in [1.165, 1.54) is 29.4 Å². The van der Waals surface area contributed by atoms with Crippen LogP contribution in [0.3, 0.4) is 0 Å². The lowest BCUT2D eigenvalue weighted by Gasteiger charge is -2.25. The summed E-state index contributed by atoms with van der Waals surface area (Å²) in [6.45, 7) is 0.128. The van der Waals surface area contributed by atoms with E-state index >= 15 is 0 Å². The van der Waals surface area contributed by atoms with E-state index in [0.29, 0.717) is 17.5 Å². The maximum atomic E-state index is 13.9. The molecular weight excluding hydrogens is 328 g/mol. The van der Waals surface area contributed by atoms with E-state index in [0.717, 1.165) is 11.6 Å². The Morgan fingerprint density at radius 1 is 1.20 bits per heavy atom. The highest BCUT2D eigenvalue weighted by Crippen LogP contribution is 2.34. The third-order valence-corrected chi connectivity index (χ3v) is 4.51. The van der Waals surface area contributed by atoms with Crippen molar-refractivity contribution >= 4 is 16.9 Å². The second-order valence-electron chi connectivity index (χ2n) is 6.17. The number of aliphatic hydroxyl groups is 1. The fourth-order valence-electron chi connectivity index (χ4n) is 3.37. The molecule has 4 rings (SSSR count). The summed E-state index contributed by atoms with van der Waals surface area (Å²) < 4.78 is 27.0. The molecule has 0 bridgehead atoms. The first-order valence-corrected chi connectivity index (χ1v) is 7.90. The Morgan fingerprint density at radius 3 is 2.72 bits per heavy atom. The SMILES string of the molecule is O=C(c1cc(F)cc2[nH]cnc12)N1C[C@H](O)C[C@H]1c1ccc(F)cc1. The molecule has 2 N–H and O–H groups in total. The van der Waals surface area contributed by atoms with Crippen LogP contribution in [0.4, 0.5) is 8.78 Å². The number of aromatic amines is 1. The highest BCUT2D eigenvalue weighted by atomic mass is 19.1. The molecule has 7 heteroatoms. The van der Waals surface area contributed by atoms with Crippen molar-refractivity contribution in [1.29, 1.82) is 0 Å². The minimum absolute atomic E-state index is 0.128. The van der Waals surface area contributed by atoms with Gasteiger partial charge in [0.2, 0.25) is 0 Å². The molecule has 2 atom stereocenters. The van der Waals surface area contributed by atoms with E-state index in [1.54, 1.807) is 12.1 Å². The molecule has 1 amide bonds. The highest BCUT2D eigenvalue weighted by Gasteiger charge is 2.36. The third-order valence-electron chi connectivity index (χ3n) is 4.51. The van der Waals surface area contributed by atoms with Gasteiger partial charge in [0.15, 0.2) is 0 Å². The molecule has 0 spiro atoms. The summed E-state index contributed by atoms with van der Waals surface area (Å²) in [6, 6.07) is 7.84. The molecule has 2 aromatic carbocycles. The Balaban J connectivity index is 1.74. The normalized spacial score (nSPS) is 20.4. The van der Waals surface area contributed by atoms with Crippen LogP contribution < -0.4 is 0 Å². The summed E-state index contributed by atoms with van der Waals surface area (Å²) in [5.74, 6) is -1.33. The zero-order valence-corrected chi connectivity index (χ0v) is 13.1.